The number of hydrogen-bond acceptors (Lipinski definition) is 6. The van der Waals surface area contributed by atoms with E-state index in [2.05, 4.69) is 0 Å². The molecular weight excluding hydrogens is 619 g/mol. The van der Waals surface area contributed by atoms with Gasteiger partial charge in [-0.3, -0.25) is 9.59 Å². The molecule has 4 aromatic carbocycles. The molecule has 0 spiro atoms. The highest BCUT2D eigenvalue weighted by Crippen LogP contribution is 2.18. The molecule has 0 aliphatic rings. The van der Waals surface area contributed by atoms with Crippen LogP contribution in [0.2, 0.25) is 15.1 Å². The molecule has 0 bridgehead atoms. The van der Waals surface area contributed by atoms with E-state index in [1.165, 1.54) is 72.8 Å². The Labute approximate surface area is 247 Å². The van der Waals surface area contributed by atoms with Gasteiger partial charge >= 0.3 is 0 Å². The predicted molar refractivity (Wildman–Crippen MR) is 155 cm³/mol. The first-order chi connectivity index (χ1) is 18.8. The third kappa shape index (κ3) is 8.54. The van der Waals surface area contributed by atoms with Crippen LogP contribution >= 0.6 is 34.8 Å². The van der Waals surface area contributed by atoms with E-state index in [1.54, 1.807) is 31.2 Å². The summed E-state index contributed by atoms with van der Waals surface area (Å²) < 4.78 is 52.1. The van der Waals surface area contributed by atoms with Crippen LogP contribution in [0.15, 0.2) is 107 Å². The highest BCUT2D eigenvalue weighted by Gasteiger charge is 2.20. The van der Waals surface area contributed by atoms with Crippen molar-refractivity contribution in [3.8, 4) is 0 Å². The van der Waals surface area contributed by atoms with Gasteiger partial charge in [-0.2, -0.15) is 0 Å². The van der Waals surface area contributed by atoms with Crippen LogP contribution in [-0.2, 0) is 20.0 Å². The molecule has 0 radical (unpaired) electrons. The van der Waals surface area contributed by atoms with Crippen molar-refractivity contribution >= 4 is 66.7 Å². The van der Waals surface area contributed by atoms with Gasteiger partial charge in [-0.05, 0) is 91.3 Å². The van der Waals surface area contributed by atoms with E-state index < -0.39 is 31.9 Å². The van der Waals surface area contributed by atoms with E-state index in [0.717, 1.165) is 0 Å². The van der Waals surface area contributed by atoms with Crippen LogP contribution in [0.4, 0.5) is 0 Å². The van der Waals surface area contributed by atoms with Crippen molar-refractivity contribution < 1.29 is 26.4 Å². The number of nitrogens with one attached hydrogen (secondary N) is 2. The zero-order chi connectivity index (χ0) is 29.5. The van der Waals surface area contributed by atoms with Crippen molar-refractivity contribution in [2.24, 2.45) is 0 Å². The van der Waals surface area contributed by atoms with E-state index in [-0.39, 0.29) is 20.9 Å². The van der Waals surface area contributed by atoms with Gasteiger partial charge in [-0.25, -0.2) is 26.3 Å². The van der Waals surface area contributed by atoms with Crippen molar-refractivity contribution in [1.82, 2.24) is 9.44 Å². The van der Waals surface area contributed by atoms with Crippen LogP contribution in [0.5, 0.6) is 0 Å². The lowest BCUT2D eigenvalue weighted by molar-refractivity contribution is 0.0972. The Morgan fingerprint density at radius 3 is 1.45 bits per heavy atom. The lowest BCUT2D eigenvalue weighted by atomic mass is 10.1. The summed E-state index contributed by atoms with van der Waals surface area (Å²) in [6.07, 6.45) is 0. The molecule has 4 aromatic rings. The monoisotopic (exact) mass is 638 g/mol. The topological polar surface area (TPSA) is 126 Å². The first-order valence-corrected chi connectivity index (χ1v) is 15.4. The molecule has 0 unspecified atom stereocenters. The molecular formula is C27H21Cl3N2O6S2. The average molecular weight is 640 g/mol. The second kappa shape index (κ2) is 13.3. The molecule has 13 heteroatoms. The second-order valence-electron chi connectivity index (χ2n) is 8.10. The van der Waals surface area contributed by atoms with Gasteiger partial charge in [0.1, 0.15) is 0 Å². The third-order valence-corrected chi connectivity index (χ3v) is 8.60. The van der Waals surface area contributed by atoms with Crippen LogP contribution in [0.25, 0.3) is 0 Å². The first kappa shape index (κ1) is 31.1. The molecule has 40 heavy (non-hydrogen) atoms. The normalized spacial score (nSPS) is 11.1. The molecule has 0 atom stereocenters. The highest BCUT2D eigenvalue weighted by molar-refractivity contribution is 7.90. The Morgan fingerprint density at radius 1 is 0.575 bits per heavy atom. The Balaban J connectivity index is 0.000000222. The minimum Gasteiger partial charge on any atom is -0.268 e. The third-order valence-electron chi connectivity index (χ3n) is 5.17. The molecule has 8 nitrogen and oxygen atoms in total. The maximum absolute atomic E-state index is 12.1. The zero-order valence-corrected chi connectivity index (χ0v) is 24.5. The number of benzene rings is 4. The number of sulfonamides is 2. The van der Waals surface area contributed by atoms with Crippen molar-refractivity contribution in [2.75, 3.05) is 0 Å². The molecule has 2 N–H and O–H groups in total. The van der Waals surface area contributed by atoms with Crippen molar-refractivity contribution in [1.29, 1.82) is 0 Å². The van der Waals surface area contributed by atoms with Gasteiger partial charge in [0.15, 0.2) is 0 Å². The number of halogens is 3. The zero-order valence-electron chi connectivity index (χ0n) is 20.6. The van der Waals surface area contributed by atoms with E-state index in [0.29, 0.717) is 20.6 Å². The van der Waals surface area contributed by atoms with Crippen LogP contribution in [0.3, 0.4) is 0 Å². The molecule has 0 fully saturated rings. The van der Waals surface area contributed by atoms with E-state index in [4.69, 9.17) is 34.8 Å². The van der Waals surface area contributed by atoms with Crippen LogP contribution in [0, 0.1) is 6.92 Å². The van der Waals surface area contributed by atoms with E-state index >= 15 is 0 Å². The molecule has 0 saturated heterocycles. The van der Waals surface area contributed by atoms with Crippen molar-refractivity contribution in [3.05, 3.63) is 129 Å². The second-order valence-corrected chi connectivity index (χ2v) is 12.8. The summed E-state index contributed by atoms with van der Waals surface area (Å²) in [5.74, 6) is -1.38. The molecule has 0 saturated carbocycles. The molecule has 0 heterocycles. The number of amides is 2. The fraction of sp³-hybridized carbons (Fsp3) is 0.0370. The van der Waals surface area contributed by atoms with Crippen molar-refractivity contribution in [2.45, 2.75) is 16.7 Å². The summed E-state index contributed by atoms with van der Waals surface area (Å²) in [5.41, 5.74) is 1.11. The summed E-state index contributed by atoms with van der Waals surface area (Å²) in [6, 6.07) is 23.8. The number of carbonyl (C=O) groups excluding carboxylic acids is 2. The minimum atomic E-state index is -3.94. The number of aryl methyl sites for hydroxylation is 1. The average Bonchev–Trinajstić information content (AvgIpc) is 2.89. The van der Waals surface area contributed by atoms with Crippen LogP contribution < -0.4 is 9.44 Å². The molecule has 0 aliphatic carbocycles. The summed E-state index contributed by atoms with van der Waals surface area (Å²) >= 11 is 17.2. The number of carbonyl (C=O) groups is 2. The predicted octanol–water partition coefficient (Wildman–Crippen LogP) is 5.88. The Kier molecular flexibility index (Phi) is 10.3. The quantitative estimate of drug-likeness (QED) is 0.271. The fourth-order valence-electron chi connectivity index (χ4n) is 3.17. The van der Waals surface area contributed by atoms with Crippen LogP contribution in [-0.4, -0.2) is 28.6 Å². The van der Waals surface area contributed by atoms with Gasteiger partial charge in [0.05, 0.1) is 9.79 Å². The summed E-state index contributed by atoms with van der Waals surface area (Å²) in [6.45, 7) is 1.68. The minimum absolute atomic E-state index is 0.0128. The Morgan fingerprint density at radius 2 is 1.00 bits per heavy atom. The smallest absolute Gasteiger partial charge is 0.265 e. The van der Waals surface area contributed by atoms with Gasteiger partial charge < -0.3 is 0 Å². The maximum atomic E-state index is 12.1. The van der Waals surface area contributed by atoms with Gasteiger partial charge in [0.25, 0.3) is 31.9 Å². The standard InChI is InChI=1S/C14H11Cl2NO3S.C13H10ClNO3S/c1-9-8-11(16)4-7-13(9)14(18)17-21(19,20)12-5-2-10(15)3-6-12;14-11-6-8-12(9-7-11)19(17,18)15-13(16)10-4-2-1-3-5-10/h2-8H,1H3,(H,17,18);1-9H,(H,15,16). The van der Waals surface area contributed by atoms with Crippen LogP contribution in [0.1, 0.15) is 26.3 Å². The molecule has 208 valence electrons. The fourth-order valence-corrected chi connectivity index (χ4v) is 5.59. The molecule has 2 amide bonds. The summed E-state index contributed by atoms with van der Waals surface area (Å²) in [5, 5.41) is 1.31. The van der Waals surface area contributed by atoms with Gasteiger partial charge in [-0.1, -0.05) is 53.0 Å². The highest BCUT2D eigenvalue weighted by atomic mass is 35.5. The molecule has 0 aliphatic heterocycles. The lowest BCUT2D eigenvalue weighted by Crippen LogP contribution is -2.31. The SMILES string of the molecule is Cc1cc(Cl)ccc1C(=O)NS(=O)(=O)c1ccc(Cl)cc1.O=C(NS(=O)(=O)c1ccc(Cl)cc1)c1ccccc1. The summed E-state index contributed by atoms with van der Waals surface area (Å²) in [4.78, 5) is 23.8. The summed E-state index contributed by atoms with van der Waals surface area (Å²) in [7, 11) is -7.83. The van der Waals surface area contributed by atoms with Crippen molar-refractivity contribution in [3.63, 3.8) is 0 Å². The van der Waals surface area contributed by atoms with Gasteiger partial charge in [0.2, 0.25) is 0 Å². The maximum Gasteiger partial charge on any atom is 0.265 e. The Bertz CT molecular complexity index is 1730. The largest absolute Gasteiger partial charge is 0.268 e. The van der Waals surface area contributed by atoms with E-state index in [1.807, 2.05) is 9.44 Å². The first-order valence-electron chi connectivity index (χ1n) is 11.2. The number of hydrogen-bond donors (Lipinski definition) is 2. The molecule has 4 rings (SSSR count). The number of rotatable bonds is 6. The van der Waals surface area contributed by atoms with Gasteiger partial charge in [-0.15, -0.1) is 0 Å². The van der Waals surface area contributed by atoms with E-state index in [9.17, 15) is 26.4 Å². The Hall–Kier alpha value is -3.41. The van der Waals surface area contributed by atoms with Gasteiger partial charge in [0, 0.05) is 26.2 Å². The molecule has 0 aromatic heterocycles. The lowest BCUT2D eigenvalue weighted by Gasteiger charge is -2.09.